The smallest absolute Gasteiger partial charge is 0.120 e. The quantitative estimate of drug-likeness (QED) is 0.820. The molecule has 3 heteroatoms. The molecule has 0 aromatic heterocycles. The molecule has 0 spiro atoms. The van der Waals surface area contributed by atoms with Crippen molar-refractivity contribution in [2.24, 2.45) is 0 Å². The Hall–Kier alpha value is -0.540. The maximum absolute atomic E-state index is 5.13. The number of hydrogen-bond acceptors (Lipinski definition) is 2. The molecule has 0 aliphatic rings. The maximum atomic E-state index is 5.13. The number of methoxy groups -OCH3 is 1. The third-order valence-corrected chi connectivity index (χ3v) is 2.74. The van der Waals surface area contributed by atoms with Crippen LogP contribution in [0, 0.1) is 0 Å². The van der Waals surface area contributed by atoms with E-state index in [1.54, 1.807) is 7.11 Å². The lowest BCUT2D eigenvalue weighted by Gasteiger charge is -2.07. The topological polar surface area (TPSA) is 21.3 Å². The first-order valence-corrected chi connectivity index (χ1v) is 5.60. The predicted molar refractivity (Wildman–Crippen MR) is 62.7 cm³/mol. The summed E-state index contributed by atoms with van der Waals surface area (Å²) in [6.07, 6.45) is 1.16. The molecule has 0 saturated heterocycles. The number of rotatable bonds is 5. The largest absolute Gasteiger partial charge is 0.497 e. The zero-order chi connectivity index (χ0) is 10.4. The second kappa shape index (κ2) is 6.04. The molecular weight excluding hydrogens is 242 g/mol. The molecule has 0 aliphatic carbocycles. The van der Waals surface area contributed by atoms with E-state index in [9.17, 15) is 0 Å². The van der Waals surface area contributed by atoms with Crippen LogP contribution in [0.5, 0.6) is 5.75 Å². The Kier molecular flexibility index (Phi) is 4.98. The minimum Gasteiger partial charge on any atom is -0.497 e. The van der Waals surface area contributed by atoms with Crippen LogP contribution in [0.2, 0.25) is 0 Å². The highest BCUT2D eigenvalue weighted by Gasteiger charge is 2.00. The van der Waals surface area contributed by atoms with E-state index < -0.39 is 0 Å². The molecule has 1 N–H and O–H groups in total. The SMILES string of the molecule is CCCNCc1ccc(OC)cc1Br. The summed E-state index contributed by atoms with van der Waals surface area (Å²) < 4.78 is 6.22. The van der Waals surface area contributed by atoms with Crippen molar-refractivity contribution in [3.8, 4) is 5.75 Å². The Bertz CT molecular complexity index is 289. The third kappa shape index (κ3) is 3.31. The van der Waals surface area contributed by atoms with Gasteiger partial charge in [-0.3, -0.25) is 0 Å². The van der Waals surface area contributed by atoms with E-state index in [1.807, 2.05) is 12.1 Å². The molecule has 0 fully saturated rings. The van der Waals surface area contributed by atoms with Gasteiger partial charge in [-0.25, -0.2) is 0 Å². The summed E-state index contributed by atoms with van der Waals surface area (Å²) in [5.41, 5.74) is 1.26. The molecule has 0 heterocycles. The lowest BCUT2D eigenvalue weighted by molar-refractivity contribution is 0.414. The lowest BCUT2D eigenvalue weighted by Crippen LogP contribution is -2.14. The zero-order valence-corrected chi connectivity index (χ0v) is 10.2. The highest BCUT2D eigenvalue weighted by molar-refractivity contribution is 9.10. The highest BCUT2D eigenvalue weighted by atomic mass is 79.9. The van der Waals surface area contributed by atoms with E-state index in [0.29, 0.717) is 0 Å². The van der Waals surface area contributed by atoms with E-state index in [2.05, 4.69) is 34.2 Å². The van der Waals surface area contributed by atoms with Crippen LogP contribution in [-0.2, 0) is 6.54 Å². The molecule has 1 aromatic carbocycles. The normalized spacial score (nSPS) is 10.2. The van der Waals surface area contributed by atoms with Crippen molar-refractivity contribution in [1.29, 1.82) is 0 Å². The van der Waals surface area contributed by atoms with Gasteiger partial charge in [0.1, 0.15) is 5.75 Å². The van der Waals surface area contributed by atoms with Crippen molar-refractivity contribution >= 4 is 15.9 Å². The van der Waals surface area contributed by atoms with Gasteiger partial charge in [-0.1, -0.05) is 28.9 Å². The summed E-state index contributed by atoms with van der Waals surface area (Å²) in [6.45, 7) is 4.12. The number of halogens is 1. The third-order valence-electron chi connectivity index (χ3n) is 2.00. The molecule has 0 bridgehead atoms. The van der Waals surface area contributed by atoms with Crippen LogP contribution in [0.4, 0.5) is 0 Å². The van der Waals surface area contributed by atoms with Crippen LogP contribution in [-0.4, -0.2) is 13.7 Å². The van der Waals surface area contributed by atoms with E-state index in [1.165, 1.54) is 5.56 Å². The fourth-order valence-electron chi connectivity index (χ4n) is 1.20. The van der Waals surface area contributed by atoms with Crippen molar-refractivity contribution in [1.82, 2.24) is 5.32 Å². The number of ether oxygens (including phenoxy) is 1. The lowest BCUT2D eigenvalue weighted by atomic mass is 10.2. The molecular formula is C11H16BrNO. The van der Waals surface area contributed by atoms with Gasteiger partial charge in [0.25, 0.3) is 0 Å². The minimum atomic E-state index is 0.885. The van der Waals surface area contributed by atoms with E-state index in [0.717, 1.165) is 29.7 Å². The molecule has 0 unspecified atom stereocenters. The Labute approximate surface area is 93.8 Å². The Morgan fingerprint density at radius 1 is 1.43 bits per heavy atom. The highest BCUT2D eigenvalue weighted by Crippen LogP contribution is 2.22. The molecule has 1 aromatic rings. The van der Waals surface area contributed by atoms with E-state index in [4.69, 9.17) is 4.74 Å². The number of nitrogens with one attached hydrogen (secondary N) is 1. The first-order valence-electron chi connectivity index (χ1n) is 4.81. The van der Waals surface area contributed by atoms with Crippen LogP contribution in [0.25, 0.3) is 0 Å². The summed E-state index contributed by atoms with van der Waals surface area (Å²) in [5, 5.41) is 3.36. The van der Waals surface area contributed by atoms with Gasteiger partial charge in [-0.05, 0) is 30.7 Å². The molecule has 0 amide bonds. The molecule has 0 saturated carbocycles. The van der Waals surface area contributed by atoms with Gasteiger partial charge in [0.05, 0.1) is 7.11 Å². The van der Waals surface area contributed by atoms with Crippen LogP contribution in [0.1, 0.15) is 18.9 Å². The zero-order valence-electron chi connectivity index (χ0n) is 8.64. The van der Waals surface area contributed by atoms with Crippen molar-refractivity contribution in [3.05, 3.63) is 28.2 Å². The van der Waals surface area contributed by atoms with Gasteiger partial charge in [-0.2, -0.15) is 0 Å². The summed E-state index contributed by atoms with van der Waals surface area (Å²) >= 11 is 3.52. The fraction of sp³-hybridized carbons (Fsp3) is 0.455. The Morgan fingerprint density at radius 2 is 2.21 bits per heavy atom. The maximum Gasteiger partial charge on any atom is 0.120 e. The van der Waals surface area contributed by atoms with Crippen molar-refractivity contribution in [3.63, 3.8) is 0 Å². The summed E-state index contributed by atoms with van der Waals surface area (Å²) in [7, 11) is 1.68. The molecule has 0 aliphatic heterocycles. The van der Waals surface area contributed by atoms with E-state index in [-0.39, 0.29) is 0 Å². The van der Waals surface area contributed by atoms with Gasteiger partial charge in [-0.15, -0.1) is 0 Å². The summed E-state index contributed by atoms with van der Waals surface area (Å²) in [4.78, 5) is 0. The van der Waals surface area contributed by atoms with Crippen LogP contribution in [0.15, 0.2) is 22.7 Å². The summed E-state index contributed by atoms with van der Waals surface area (Å²) in [6, 6.07) is 6.04. The monoisotopic (exact) mass is 257 g/mol. The average Bonchev–Trinajstić information content (AvgIpc) is 2.20. The molecule has 14 heavy (non-hydrogen) atoms. The van der Waals surface area contributed by atoms with Crippen molar-refractivity contribution in [2.75, 3.05) is 13.7 Å². The fourth-order valence-corrected chi connectivity index (χ4v) is 1.70. The number of benzene rings is 1. The minimum absolute atomic E-state index is 0.885. The second-order valence-electron chi connectivity index (χ2n) is 3.13. The van der Waals surface area contributed by atoms with Crippen molar-refractivity contribution in [2.45, 2.75) is 19.9 Å². The average molecular weight is 258 g/mol. The molecule has 1 rings (SSSR count). The molecule has 0 atom stereocenters. The van der Waals surface area contributed by atoms with Gasteiger partial charge in [0, 0.05) is 11.0 Å². The molecule has 78 valence electrons. The first-order chi connectivity index (χ1) is 6.77. The number of hydrogen-bond donors (Lipinski definition) is 1. The molecule has 0 radical (unpaired) electrons. The first kappa shape index (κ1) is 11.5. The second-order valence-corrected chi connectivity index (χ2v) is 3.99. The molecule has 2 nitrogen and oxygen atoms in total. The van der Waals surface area contributed by atoms with Gasteiger partial charge in [0.15, 0.2) is 0 Å². The van der Waals surface area contributed by atoms with Gasteiger partial charge in [0.2, 0.25) is 0 Å². The standard InChI is InChI=1S/C11H16BrNO/c1-3-6-13-8-9-4-5-10(14-2)7-11(9)12/h4-5,7,13H,3,6,8H2,1-2H3. The van der Waals surface area contributed by atoms with Crippen LogP contribution < -0.4 is 10.1 Å². The Balaban J connectivity index is 2.59. The van der Waals surface area contributed by atoms with Crippen LogP contribution in [0.3, 0.4) is 0 Å². The van der Waals surface area contributed by atoms with E-state index >= 15 is 0 Å². The summed E-state index contributed by atoms with van der Waals surface area (Å²) in [5.74, 6) is 0.885. The van der Waals surface area contributed by atoms with Crippen molar-refractivity contribution < 1.29 is 4.74 Å². The Morgan fingerprint density at radius 3 is 2.79 bits per heavy atom. The van der Waals surface area contributed by atoms with Gasteiger partial charge >= 0.3 is 0 Å². The van der Waals surface area contributed by atoms with Gasteiger partial charge < -0.3 is 10.1 Å². The predicted octanol–water partition coefficient (Wildman–Crippen LogP) is 2.96. The van der Waals surface area contributed by atoms with Crippen LogP contribution >= 0.6 is 15.9 Å².